The highest BCUT2D eigenvalue weighted by Gasteiger charge is 2.10. The van der Waals surface area contributed by atoms with Crippen LogP contribution >= 0.6 is 0 Å². The molecule has 6 nitrogen and oxygen atoms in total. The van der Waals surface area contributed by atoms with Gasteiger partial charge in [0.25, 0.3) is 5.88 Å². The summed E-state index contributed by atoms with van der Waals surface area (Å²) in [5.41, 5.74) is 5.58. The van der Waals surface area contributed by atoms with Crippen LogP contribution in [0.15, 0.2) is 6.07 Å². The second kappa shape index (κ2) is 9.23. The number of anilines is 2. The van der Waals surface area contributed by atoms with Crippen molar-refractivity contribution < 1.29 is 9.47 Å². The molecule has 0 amide bonds. The van der Waals surface area contributed by atoms with Gasteiger partial charge in [0.1, 0.15) is 0 Å². The number of nitrogens with zero attached hydrogens (tertiary/aromatic N) is 2. The van der Waals surface area contributed by atoms with Gasteiger partial charge < -0.3 is 21.0 Å². The van der Waals surface area contributed by atoms with Gasteiger partial charge in [0.2, 0.25) is 5.82 Å². The highest BCUT2D eigenvalue weighted by atomic mass is 16.5. The Balaban J connectivity index is 2.48. The molecule has 0 bridgehead atoms. The van der Waals surface area contributed by atoms with E-state index in [2.05, 4.69) is 17.2 Å². The SMILES string of the molecule is CCCCCCCNc1cc(OCCC)nc(N)[n+]1[O-]. The van der Waals surface area contributed by atoms with Gasteiger partial charge in [-0.25, -0.2) is 4.73 Å². The lowest BCUT2D eigenvalue weighted by Crippen LogP contribution is -2.36. The van der Waals surface area contributed by atoms with Crippen molar-refractivity contribution in [3.05, 3.63) is 11.3 Å². The van der Waals surface area contributed by atoms with Crippen LogP contribution in [-0.2, 0) is 0 Å². The number of ether oxygens (including phenoxy) is 1. The fraction of sp³-hybridized carbons (Fsp3) is 0.714. The Kier molecular flexibility index (Phi) is 7.54. The van der Waals surface area contributed by atoms with E-state index >= 15 is 0 Å². The van der Waals surface area contributed by atoms with Gasteiger partial charge in [-0.3, -0.25) is 0 Å². The fourth-order valence-corrected chi connectivity index (χ4v) is 1.84. The second-order valence-corrected chi connectivity index (χ2v) is 4.82. The molecule has 1 aromatic rings. The van der Waals surface area contributed by atoms with E-state index in [0.29, 0.717) is 23.0 Å². The zero-order valence-corrected chi connectivity index (χ0v) is 12.5. The number of aromatic nitrogens is 2. The lowest BCUT2D eigenvalue weighted by Gasteiger charge is -2.14. The monoisotopic (exact) mass is 282 g/mol. The molecule has 0 unspecified atom stereocenters. The molecule has 0 aliphatic heterocycles. The van der Waals surface area contributed by atoms with Crippen LogP contribution in [0.3, 0.4) is 0 Å². The predicted molar refractivity (Wildman–Crippen MR) is 80.6 cm³/mol. The van der Waals surface area contributed by atoms with E-state index in [1.54, 1.807) is 6.07 Å². The van der Waals surface area contributed by atoms with E-state index in [4.69, 9.17) is 10.5 Å². The molecule has 0 saturated carbocycles. The van der Waals surface area contributed by atoms with Gasteiger partial charge in [-0.15, -0.1) is 0 Å². The first-order valence-electron chi connectivity index (χ1n) is 7.45. The highest BCUT2D eigenvalue weighted by molar-refractivity contribution is 5.36. The van der Waals surface area contributed by atoms with Gasteiger partial charge in [-0.2, -0.15) is 0 Å². The van der Waals surface area contributed by atoms with Gasteiger partial charge in [-0.05, 0) is 12.8 Å². The average Bonchev–Trinajstić information content (AvgIpc) is 2.45. The van der Waals surface area contributed by atoms with Crippen molar-refractivity contribution in [2.75, 3.05) is 24.2 Å². The van der Waals surface area contributed by atoms with Crippen LogP contribution in [0.25, 0.3) is 0 Å². The van der Waals surface area contributed by atoms with Crippen molar-refractivity contribution in [1.29, 1.82) is 0 Å². The zero-order valence-electron chi connectivity index (χ0n) is 12.5. The predicted octanol–water partition coefficient (Wildman–Crippen LogP) is 2.47. The maximum Gasteiger partial charge on any atom is 0.347 e. The van der Waals surface area contributed by atoms with Crippen LogP contribution < -0.4 is 20.5 Å². The van der Waals surface area contributed by atoms with Crippen LogP contribution in [0.2, 0.25) is 0 Å². The summed E-state index contributed by atoms with van der Waals surface area (Å²) >= 11 is 0. The Morgan fingerprint density at radius 2 is 2.00 bits per heavy atom. The van der Waals surface area contributed by atoms with Gasteiger partial charge in [0.15, 0.2) is 0 Å². The largest absolute Gasteiger partial charge is 0.754 e. The Bertz CT molecular complexity index is 399. The van der Waals surface area contributed by atoms with Crippen LogP contribution in [0.1, 0.15) is 52.4 Å². The molecular weight excluding hydrogens is 256 g/mol. The van der Waals surface area contributed by atoms with Gasteiger partial charge in [-0.1, -0.05) is 44.5 Å². The number of hydrogen-bond acceptors (Lipinski definition) is 5. The molecule has 1 rings (SSSR count). The molecule has 1 aromatic heterocycles. The molecular formula is C14H26N4O2. The Hall–Kier alpha value is -1.72. The standard InChI is InChI=1S/C14H26N4O2/c1-3-5-6-7-8-9-16-12-11-13(20-10-4-2)17-14(15)18(12)19/h11,16H,3-10H2,1-2H3,(H2,15,17). The number of nitrogen functional groups attached to an aromatic ring is 1. The summed E-state index contributed by atoms with van der Waals surface area (Å²) < 4.78 is 6.01. The highest BCUT2D eigenvalue weighted by Crippen LogP contribution is 2.13. The minimum atomic E-state index is -0.0907. The van der Waals surface area contributed by atoms with Gasteiger partial charge in [0, 0.05) is 6.54 Å². The van der Waals surface area contributed by atoms with Crippen LogP contribution in [0.4, 0.5) is 11.8 Å². The summed E-state index contributed by atoms with van der Waals surface area (Å²) in [6, 6.07) is 1.60. The summed E-state index contributed by atoms with van der Waals surface area (Å²) in [4.78, 5) is 3.91. The first-order chi connectivity index (χ1) is 9.69. The summed E-state index contributed by atoms with van der Waals surface area (Å²) in [6.07, 6.45) is 6.81. The third kappa shape index (κ3) is 5.50. The summed E-state index contributed by atoms with van der Waals surface area (Å²) in [7, 11) is 0. The molecule has 0 atom stereocenters. The molecule has 1 heterocycles. The summed E-state index contributed by atoms with van der Waals surface area (Å²) in [5.74, 6) is 0.705. The molecule has 114 valence electrons. The first kappa shape index (κ1) is 16.3. The lowest BCUT2D eigenvalue weighted by atomic mass is 10.1. The Morgan fingerprint density at radius 3 is 2.70 bits per heavy atom. The summed E-state index contributed by atoms with van der Waals surface area (Å²) in [6.45, 7) is 5.51. The number of nitrogens with two attached hydrogens (primary N) is 1. The van der Waals surface area contributed by atoms with Crippen molar-refractivity contribution in [1.82, 2.24) is 4.98 Å². The van der Waals surface area contributed by atoms with E-state index in [1.807, 2.05) is 6.92 Å². The van der Waals surface area contributed by atoms with Gasteiger partial charge in [0.05, 0.1) is 12.7 Å². The smallest absolute Gasteiger partial charge is 0.347 e. The molecule has 20 heavy (non-hydrogen) atoms. The molecule has 0 aromatic carbocycles. The van der Waals surface area contributed by atoms with E-state index in [9.17, 15) is 5.21 Å². The number of unbranched alkanes of at least 4 members (excludes halogenated alkanes) is 4. The number of rotatable bonds is 10. The van der Waals surface area contributed by atoms with E-state index in [0.717, 1.165) is 19.4 Å². The van der Waals surface area contributed by atoms with E-state index in [1.165, 1.54) is 25.7 Å². The minimum absolute atomic E-state index is 0.0907. The van der Waals surface area contributed by atoms with Gasteiger partial charge >= 0.3 is 5.95 Å². The molecule has 0 fully saturated rings. The van der Waals surface area contributed by atoms with Crippen molar-refractivity contribution in [3.63, 3.8) is 0 Å². The number of hydrogen-bond donors (Lipinski definition) is 2. The number of nitrogens with one attached hydrogen (secondary N) is 1. The molecule has 0 aliphatic rings. The second-order valence-electron chi connectivity index (χ2n) is 4.82. The summed E-state index contributed by atoms with van der Waals surface area (Å²) in [5, 5.41) is 14.9. The van der Waals surface area contributed by atoms with E-state index < -0.39 is 0 Å². The molecule has 0 saturated heterocycles. The normalized spacial score (nSPS) is 10.5. The third-order valence-electron chi connectivity index (χ3n) is 2.95. The van der Waals surface area contributed by atoms with Crippen LogP contribution in [-0.4, -0.2) is 18.1 Å². The fourth-order valence-electron chi connectivity index (χ4n) is 1.84. The van der Waals surface area contributed by atoms with Crippen molar-refractivity contribution in [3.8, 4) is 5.88 Å². The zero-order chi connectivity index (χ0) is 14.8. The van der Waals surface area contributed by atoms with E-state index in [-0.39, 0.29) is 5.95 Å². The topological polar surface area (TPSA) is 87.1 Å². The first-order valence-corrected chi connectivity index (χ1v) is 7.45. The average molecular weight is 282 g/mol. The third-order valence-corrected chi connectivity index (χ3v) is 2.95. The quantitative estimate of drug-likeness (QED) is 0.391. The maximum atomic E-state index is 11.8. The minimum Gasteiger partial charge on any atom is -0.754 e. The molecule has 3 N–H and O–H groups in total. The molecule has 0 radical (unpaired) electrons. The van der Waals surface area contributed by atoms with Crippen molar-refractivity contribution in [2.45, 2.75) is 52.4 Å². The molecule has 6 heteroatoms. The Morgan fingerprint density at radius 1 is 1.25 bits per heavy atom. The molecule has 0 spiro atoms. The Labute approximate surface area is 120 Å². The van der Waals surface area contributed by atoms with Crippen molar-refractivity contribution >= 4 is 11.8 Å². The van der Waals surface area contributed by atoms with Crippen LogP contribution in [0, 0.1) is 5.21 Å². The molecule has 0 aliphatic carbocycles. The van der Waals surface area contributed by atoms with Crippen LogP contribution in [0.5, 0.6) is 5.88 Å². The maximum absolute atomic E-state index is 11.8. The van der Waals surface area contributed by atoms with Crippen molar-refractivity contribution in [2.24, 2.45) is 0 Å². The lowest BCUT2D eigenvalue weighted by molar-refractivity contribution is -0.577.